The van der Waals surface area contributed by atoms with Crippen molar-refractivity contribution in [1.29, 1.82) is 0 Å². The van der Waals surface area contributed by atoms with E-state index in [0.29, 0.717) is 24.7 Å². The first-order valence-electron chi connectivity index (χ1n) is 9.61. The predicted octanol–water partition coefficient (Wildman–Crippen LogP) is 4.13. The Balaban J connectivity index is 1.70. The van der Waals surface area contributed by atoms with E-state index in [1.165, 1.54) is 10.8 Å². The summed E-state index contributed by atoms with van der Waals surface area (Å²) in [7, 11) is 0. The van der Waals surface area contributed by atoms with Gasteiger partial charge in [-0.1, -0.05) is 60.1 Å². The Kier molecular flexibility index (Phi) is 7.69. The van der Waals surface area contributed by atoms with Gasteiger partial charge in [0, 0.05) is 42.3 Å². The lowest BCUT2D eigenvalue weighted by molar-refractivity contribution is 0.191. The summed E-state index contributed by atoms with van der Waals surface area (Å²) < 4.78 is 6.15. The van der Waals surface area contributed by atoms with Crippen molar-refractivity contribution >= 4 is 22.4 Å². The van der Waals surface area contributed by atoms with E-state index in [-0.39, 0.29) is 6.10 Å². The molecule has 0 radical (unpaired) electrons. The van der Waals surface area contributed by atoms with Crippen molar-refractivity contribution in [1.82, 2.24) is 10.6 Å². The van der Waals surface area contributed by atoms with Crippen LogP contribution in [0, 0.1) is 0 Å². The van der Waals surface area contributed by atoms with Gasteiger partial charge in [0.05, 0.1) is 6.10 Å². The SMILES string of the molecule is C[C@H](O)CNCCNCc1c(OCc2ccccc2Cl)ccc2ccccc12. The maximum absolute atomic E-state index is 9.31. The lowest BCUT2D eigenvalue weighted by Crippen LogP contribution is -2.31. The topological polar surface area (TPSA) is 53.5 Å². The fraction of sp³-hybridized carbons (Fsp3) is 0.304. The van der Waals surface area contributed by atoms with Gasteiger partial charge in [-0.3, -0.25) is 0 Å². The van der Waals surface area contributed by atoms with Crippen LogP contribution in [0.3, 0.4) is 0 Å². The maximum atomic E-state index is 9.31. The smallest absolute Gasteiger partial charge is 0.124 e. The number of halogens is 1. The average molecular weight is 399 g/mol. The zero-order chi connectivity index (χ0) is 19.8. The third-order valence-electron chi connectivity index (χ3n) is 4.56. The van der Waals surface area contributed by atoms with Gasteiger partial charge < -0.3 is 20.5 Å². The molecule has 0 aliphatic heterocycles. The van der Waals surface area contributed by atoms with Crippen molar-refractivity contribution in [2.24, 2.45) is 0 Å². The van der Waals surface area contributed by atoms with E-state index in [1.807, 2.05) is 42.5 Å². The Morgan fingerprint density at radius 3 is 2.54 bits per heavy atom. The highest BCUT2D eigenvalue weighted by molar-refractivity contribution is 6.31. The van der Waals surface area contributed by atoms with E-state index in [4.69, 9.17) is 16.3 Å². The number of ether oxygens (including phenoxy) is 1. The summed E-state index contributed by atoms with van der Waals surface area (Å²) in [6, 6.07) is 20.2. The van der Waals surface area contributed by atoms with Crippen LogP contribution in [0.2, 0.25) is 5.02 Å². The van der Waals surface area contributed by atoms with Crippen LogP contribution in [0.15, 0.2) is 60.7 Å². The van der Waals surface area contributed by atoms with E-state index in [9.17, 15) is 5.11 Å². The second kappa shape index (κ2) is 10.4. The van der Waals surface area contributed by atoms with Gasteiger partial charge in [0.1, 0.15) is 12.4 Å². The van der Waals surface area contributed by atoms with Gasteiger partial charge in [-0.25, -0.2) is 0 Å². The summed E-state index contributed by atoms with van der Waals surface area (Å²) in [5.74, 6) is 0.864. The summed E-state index contributed by atoms with van der Waals surface area (Å²) in [6.07, 6.45) is -0.331. The average Bonchev–Trinajstić information content (AvgIpc) is 2.70. The number of rotatable bonds is 10. The second-order valence-electron chi connectivity index (χ2n) is 6.87. The minimum Gasteiger partial charge on any atom is -0.488 e. The van der Waals surface area contributed by atoms with Gasteiger partial charge in [-0.05, 0) is 29.8 Å². The molecule has 3 aromatic carbocycles. The molecule has 0 aliphatic carbocycles. The molecule has 28 heavy (non-hydrogen) atoms. The molecule has 5 heteroatoms. The molecular formula is C23H27ClN2O2. The van der Waals surface area contributed by atoms with Crippen LogP contribution in [0.5, 0.6) is 5.75 Å². The normalized spacial score (nSPS) is 12.2. The molecule has 0 aliphatic rings. The third kappa shape index (κ3) is 5.69. The van der Waals surface area contributed by atoms with Gasteiger partial charge in [0.2, 0.25) is 0 Å². The summed E-state index contributed by atoms with van der Waals surface area (Å²) in [5.41, 5.74) is 2.11. The molecule has 0 spiro atoms. The van der Waals surface area contributed by atoms with Crippen LogP contribution < -0.4 is 15.4 Å². The van der Waals surface area contributed by atoms with Crippen molar-refractivity contribution in [2.45, 2.75) is 26.2 Å². The fourth-order valence-electron chi connectivity index (χ4n) is 3.11. The minimum absolute atomic E-state index is 0.331. The Bertz CT molecular complexity index is 899. The zero-order valence-electron chi connectivity index (χ0n) is 16.1. The van der Waals surface area contributed by atoms with Crippen molar-refractivity contribution in [3.8, 4) is 5.75 Å². The molecule has 0 fully saturated rings. The summed E-state index contributed by atoms with van der Waals surface area (Å²) >= 11 is 6.26. The highest BCUT2D eigenvalue weighted by Crippen LogP contribution is 2.29. The molecule has 0 heterocycles. The summed E-state index contributed by atoms with van der Waals surface area (Å²) in [4.78, 5) is 0. The molecule has 0 aromatic heterocycles. The standard InChI is InChI=1S/C23H27ClN2O2/c1-17(27)14-25-12-13-26-15-21-20-8-4-2-6-18(20)10-11-23(21)28-16-19-7-3-5-9-22(19)24/h2-11,17,25-27H,12-16H2,1H3/t17-/m0/s1. The number of aliphatic hydroxyl groups is 1. The number of nitrogens with one attached hydrogen (secondary N) is 2. The zero-order valence-corrected chi connectivity index (χ0v) is 16.9. The van der Waals surface area contributed by atoms with Crippen LogP contribution in [0.1, 0.15) is 18.1 Å². The van der Waals surface area contributed by atoms with Gasteiger partial charge in [-0.15, -0.1) is 0 Å². The third-order valence-corrected chi connectivity index (χ3v) is 4.93. The van der Waals surface area contributed by atoms with E-state index >= 15 is 0 Å². The highest BCUT2D eigenvalue weighted by Gasteiger charge is 2.10. The maximum Gasteiger partial charge on any atom is 0.124 e. The van der Waals surface area contributed by atoms with Crippen molar-refractivity contribution < 1.29 is 9.84 Å². The summed E-state index contributed by atoms with van der Waals surface area (Å²) in [6.45, 7) is 5.11. The molecule has 3 aromatic rings. The first kappa shape index (κ1) is 20.6. The van der Waals surface area contributed by atoms with Crippen LogP contribution >= 0.6 is 11.6 Å². The molecule has 0 saturated heterocycles. The lowest BCUT2D eigenvalue weighted by atomic mass is 10.0. The van der Waals surface area contributed by atoms with Gasteiger partial charge in [-0.2, -0.15) is 0 Å². The molecule has 148 valence electrons. The molecule has 3 rings (SSSR count). The molecule has 3 N–H and O–H groups in total. The Labute approximate surface area is 171 Å². The van der Waals surface area contributed by atoms with E-state index in [2.05, 4.69) is 28.8 Å². The monoisotopic (exact) mass is 398 g/mol. The van der Waals surface area contributed by atoms with Crippen molar-refractivity contribution in [3.63, 3.8) is 0 Å². The number of hydrogen-bond donors (Lipinski definition) is 3. The van der Waals surface area contributed by atoms with Gasteiger partial charge in [0.15, 0.2) is 0 Å². The molecule has 1 atom stereocenters. The van der Waals surface area contributed by atoms with Crippen LogP contribution in [-0.4, -0.2) is 30.8 Å². The minimum atomic E-state index is -0.331. The number of fused-ring (bicyclic) bond motifs is 1. The predicted molar refractivity (Wildman–Crippen MR) is 116 cm³/mol. The second-order valence-corrected chi connectivity index (χ2v) is 7.28. The van der Waals surface area contributed by atoms with Crippen molar-refractivity contribution in [3.05, 3.63) is 76.8 Å². The molecular weight excluding hydrogens is 372 g/mol. The number of aliphatic hydroxyl groups excluding tert-OH is 1. The molecule has 4 nitrogen and oxygen atoms in total. The molecule has 0 saturated carbocycles. The first-order chi connectivity index (χ1) is 13.6. The van der Waals surface area contributed by atoms with E-state index in [0.717, 1.165) is 30.0 Å². The Morgan fingerprint density at radius 1 is 0.964 bits per heavy atom. The van der Waals surface area contributed by atoms with E-state index in [1.54, 1.807) is 6.92 Å². The lowest BCUT2D eigenvalue weighted by Gasteiger charge is -2.16. The molecule has 0 bridgehead atoms. The fourth-order valence-corrected chi connectivity index (χ4v) is 3.30. The summed E-state index contributed by atoms with van der Waals surface area (Å²) in [5, 5.41) is 19.1. The highest BCUT2D eigenvalue weighted by atomic mass is 35.5. The number of benzene rings is 3. The van der Waals surface area contributed by atoms with Crippen LogP contribution in [0.4, 0.5) is 0 Å². The van der Waals surface area contributed by atoms with Crippen LogP contribution in [-0.2, 0) is 13.2 Å². The number of hydrogen-bond acceptors (Lipinski definition) is 4. The first-order valence-corrected chi connectivity index (χ1v) is 9.99. The van der Waals surface area contributed by atoms with Gasteiger partial charge in [0.25, 0.3) is 0 Å². The molecule has 0 amide bonds. The van der Waals surface area contributed by atoms with Gasteiger partial charge >= 0.3 is 0 Å². The largest absolute Gasteiger partial charge is 0.488 e. The Hall–Kier alpha value is -2.11. The van der Waals surface area contributed by atoms with E-state index < -0.39 is 0 Å². The molecule has 0 unspecified atom stereocenters. The Morgan fingerprint density at radius 2 is 1.71 bits per heavy atom. The quantitative estimate of drug-likeness (QED) is 0.449. The van der Waals surface area contributed by atoms with Crippen molar-refractivity contribution in [2.75, 3.05) is 19.6 Å². The van der Waals surface area contributed by atoms with Crippen LogP contribution in [0.25, 0.3) is 10.8 Å².